The van der Waals surface area contributed by atoms with Gasteiger partial charge >= 0.3 is 0 Å². The number of nitrogens with zero attached hydrogens (tertiary/aromatic N) is 5. The molecule has 2 aromatic heterocycles. The Morgan fingerprint density at radius 3 is 2.82 bits per heavy atom. The molecule has 0 spiro atoms. The molecule has 28 heavy (non-hydrogen) atoms. The van der Waals surface area contributed by atoms with Crippen LogP contribution in [0, 0.1) is 5.92 Å². The molecule has 3 heterocycles. The van der Waals surface area contributed by atoms with Gasteiger partial charge in [-0.15, -0.1) is 0 Å². The number of anilines is 2. The Kier molecular flexibility index (Phi) is 5.07. The molecule has 3 aromatic rings. The van der Waals surface area contributed by atoms with Crippen molar-refractivity contribution < 1.29 is 4.79 Å². The molecule has 1 aromatic carbocycles. The van der Waals surface area contributed by atoms with Gasteiger partial charge in [0.2, 0.25) is 6.41 Å². The van der Waals surface area contributed by atoms with Crippen molar-refractivity contribution >= 4 is 28.8 Å². The summed E-state index contributed by atoms with van der Waals surface area (Å²) in [5, 5.41) is 13.9. The Labute approximate surface area is 165 Å². The van der Waals surface area contributed by atoms with Crippen LogP contribution in [0.1, 0.15) is 37.9 Å². The number of aromatic nitrogens is 4. The lowest BCUT2D eigenvalue weighted by atomic mass is 10.1. The lowest BCUT2D eigenvalue weighted by Crippen LogP contribution is -2.30. The standard InChI is InChI=1S/C19H22N6O.C2H6/c1-23-10-14-4-5-15(8-17(14)21-23)20-19-16-11-24(12-26)7-6-18(16)25(22-19)9-13-2-3-13;1-2/h4-5,8,10,12-13H,2-3,6-7,9,11H2,1H3,(H,20,22);1-2H3. The molecule has 0 saturated heterocycles. The zero-order chi connectivity index (χ0) is 19.7. The highest BCUT2D eigenvalue weighted by Gasteiger charge is 2.28. The van der Waals surface area contributed by atoms with Gasteiger partial charge in [-0.2, -0.15) is 10.2 Å². The van der Waals surface area contributed by atoms with Crippen LogP contribution >= 0.6 is 0 Å². The first-order valence-electron chi connectivity index (χ1n) is 10.2. The summed E-state index contributed by atoms with van der Waals surface area (Å²) in [5.41, 5.74) is 4.35. The molecule has 1 aliphatic heterocycles. The van der Waals surface area contributed by atoms with E-state index in [4.69, 9.17) is 5.10 Å². The van der Waals surface area contributed by atoms with E-state index < -0.39 is 0 Å². The van der Waals surface area contributed by atoms with E-state index in [1.54, 1.807) is 0 Å². The van der Waals surface area contributed by atoms with Crippen LogP contribution in [0.15, 0.2) is 24.4 Å². The lowest BCUT2D eigenvalue weighted by Gasteiger charge is -2.24. The molecular formula is C21H28N6O. The average Bonchev–Trinajstić information content (AvgIpc) is 3.37. The third-order valence-corrected chi connectivity index (χ3v) is 5.33. The third kappa shape index (κ3) is 3.61. The summed E-state index contributed by atoms with van der Waals surface area (Å²) in [6.45, 7) is 6.38. The van der Waals surface area contributed by atoms with Crippen LogP contribution in [0.5, 0.6) is 0 Å². The van der Waals surface area contributed by atoms with Crippen molar-refractivity contribution in [3.05, 3.63) is 35.7 Å². The first-order chi connectivity index (χ1) is 13.7. The molecular weight excluding hydrogens is 352 g/mol. The van der Waals surface area contributed by atoms with Gasteiger partial charge in [0.1, 0.15) is 0 Å². The van der Waals surface area contributed by atoms with Crippen molar-refractivity contribution in [1.82, 2.24) is 24.5 Å². The van der Waals surface area contributed by atoms with Gasteiger partial charge in [-0.05, 0) is 37.0 Å². The van der Waals surface area contributed by atoms with E-state index in [1.807, 2.05) is 42.7 Å². The number of rotatable bonds is 5. The van der Waals surface area contributed by atoms with Crippen molar-refractivity contribution in [3.8, 4) is 0 Å². The Bertz CT molecular complexity index is 984. The molecule has 0 unspecified atom stereocenters. The molecule has 1 N–H and O–H groups in total. The summed E-state index contributed by atoms with van der Waals surface area (Å²) in [7, 11) is 1.93. The number of carbonyl (C=O) groups excluding carboxylic acids is 1. The predicted octanol–water partition coefficient (Wildman–Crippen LogP) is 3.46. The molecule has 1 amide bonds. The van der Waals surface area contributed by atoms with E-state index in [0.717, 1.165) is 59.8 Å². The van der Waals surface area contributed by atoms with Crippen LogP contribution in [0.25, 0.3) is 10.9 Å². The minimum Gasteiger partial charge on any atom is -0.340 e. The minimum absolute atomic E-state index is 0.623. The predicted molar refractivity (Wildman–Crippen MR) is 110 cm³/mol. The third-order valence-electron chi connectivity index (χ3n) is 5.33. The molecule has 1 fully saturated rings. The van der Waals surface area contributed by atoms with Gasteiger partial charge in [0, 0.05) is 55.1 Å². The quantitative estimate of drug-likeness (QED) is 0.688. The van der Waals surface area contributed by atoms with Gasteiger partial charge in [0.25, 0.3) is 0 Å². The second-order valence-corrected chi connectivity index (χ2v) is 7.43. The Morgan fingerprint density at radius 2 is 2.07 bits per heavy atom. The van der Waals surface area contributed by atoms with Gasteiger partial charge in [-0.3, -0.25) is 14.2 Å². The van der Waals surface area contributed by atoms with E-state index in [0.29, 0.717) is 6.54 Å². The van der Waals surface area contributed by atoms with Crippen LogP contribution in [-0.2, 0) is 31.4 Å². The summed E-state index contributed by atoms with van der Waals surface area (Å²) < 4.78 is 3.99. The molecule has 0 radical (unpaired) electrons. The van der Waals surface area contributed by atoms with E-state index in [2.05, 4.69) is 27.2 Å². The first kappa shape index (κ1) is 18.5. The minimum atomic E-state index is 0.623. The largest absolute Gasteiger partial charge is 0.340 e. The molecule has 5 rings (SSSR count). The van der Waals surface area contributed by atoms with Crippen molar-refractivity contribution in [1.29, 1.82) is 0 Å². The van der Waals surface area contributed by atoms with Crippen LogP contribution in [-0.4, -0.2) is 37.4 Å². The second-order valence-electron chi connectivity index (χ2n) is 7.43. The highest BCUT2D eigenvalue weighted by Crippen LogP contribution is 2.34. The molecule has 2 aliphatic rings. The van der Waals surface area contributed by atoms with E-state index in [9.17, 15) is 4.79 Å². The zero-order valence-electron chi connectivity index (χ0n) is 16.9. The van der Waals surface area contributed by atoms with E-state index in [-0.39, 0.29) is 0 Å². The number of hydrogen-bond acceptors (Lipinski definition) is 4. The van der Waals surface area contributed by atoms with Crippen molar-refractivity contribution in [3.63, 3.8) is 0 Å². The number of aryl methyl sites for hydroxylation is 1. The first-order valence-corrected chi connectivity index (χ1v) is 10.2. The van der Waals surface area contributed by atoms with Gasteiger partial charge in [0.05, 0.1) is 12.1 Å². The summed E-state index contributed by atoms with van der Waals surface area (Å²) >= 11 is 0. The fourth-order valence-electron chi connectivity index (χ4n) is 3.75. The van der Waals surface area contributed by atoms with Crippen molar-refractivity contribution in [2.75, 3.05) is 11.9 Å². The summed E-state index contributed by atoms with van der Waals surface area (Å²) in [6.07, 6.45) is 6.41. The molecule has 0 bridgehead atoms. The summed E-state index contributed by atoms with van der Waals surface area (Å²) in [4.78, 5) is 13.1. The lowest BCUT2D eigenvalue weighted by molar-refractivity contribution is -0.118. The number of benzene rings is 1. The van der Waals surface area contributed by atoms with E-state index >= 15 is 0 Å². The zero-order valence-corrected chi connectivity index (χ0v) is 16.9. The molecule has 1 saturated carbocycles. The number of amides is 1. The molecule has 7 heteroatoms. The number of hydrogen-bond donors (Lipinski definition) is 1. The SMILES string of the molecule is CC.Cn1cc2ccc(Nc3nn(CC4CC4)c4c3CN(C=O)CC4)cc2n1. The van der Waals surface area contributed by atoms with Crippen LogP contribution < -0.4 is 5.32 Å². The molecule has 7 nitrogen and oxygen atoms in total. The monoisotopic (exact) mass is 380 g/mol. The van der Waals surface area contributed by atoms with Crippen LogP contribution in [0.4, 0.5) is 11.5 Å². The van der Waals surface area contributed by atoms with Gasteiger partial charge in [-0.1, -0.05) is 13.8 Å². The fourth-order valence-corrected chi connectivity index (χ4v) is 3.75. The maximum absolute atomic E-state index is 11.3. The smallest absolute Gasteiger partial charge is 0.210 e. The average molecular weight is 380 g/mol. The Morgan fingerprint density at radius 1 is 1.25 bits per heavy atom. The van der Waals surface area contributed by atoms with Crippen molar-refractivity contribution in [2.45, 2.75) is 46.2 Å². The van der Waals surface area contributed by atoms with Crippen LogP contribution in [0.3, 0.4) is 0 Å². The number of carbonyl (C=O) groups is 1. The maximum atomic E-state index is 11.3. The molecule has 148 valence electrons. The Hall–Kier alpha value is -2.83. The van der Waals surface area contributed by atoms with Gasteiger partial charge in [-0.25, -0.2) is 0 Å². The maximum Gasteiger partial charge on any atom is 0.210 e. The second kappa shape index (κ2) is 7.66. The van der Waals surface area contributed by atoms with Gasteiger partial charge in [0.15, 0.2) is 5.82 Å². The van der Waals surface area contributed by atoms with Crippen LogP contribution in [0.2, 0.25) is 0 Å². The summed E-state index contributed by atoms with van der Waals surface area (Å²) in [6, 6.07) is 6.16. The number of fused-ring (bicyclic) bond motifs is 2. The fraction of sp³-hybridized carbons (Fsp3) is 0.476. The normalized spacial score (nSPS) is 15.8. The highest BCUT2D eigenvalue weighted by atomic mass is 16.1. The van der Waals surface area contributed by atoms with Gasteiger partial charge < -0.3 is 10.2 Å². The Balaban J connectivity index is 0.000000932. The van der Waals surface area contributed by atoms with E-state index in [1.165, 1.54) is 18.5 Å². The summed E-state index contributed by atoms with van der Waals surface area (Å²) in [5.74, 6) is 1.63. The number of nitrogens with one attached hydrogen (secondary N) is 1. The molecule has 1 aliphatic carbocycles. The highest BCUT2D eigenvalue weighted by molar-refractivity contribution is 5.82. The van der Waals surface area contributed by atoms with Crippen molar-refractivity contribution in [2.24, 2.45) is 13.0 Å². The topological polar surface area (TPSA) is 68.0 Å². The molecule has 0 atom stereocenters.